The predicted molar refractivity (Wildman–Crippen MR) is 171 cm³/mol. The van der Waals surface area contributed by atoms with Gasteiger partial charge in [-0.3, -0.25) is 9.59 Å². The number of carbonyl (C=O) groups is 1. The zero-order chi connectivity index (χ0) is 29.8. The van der Waals surface area contributed by atoms with Gasteiger partial charge in [0, 0.05) is 67.7 Å². The maximum atomic E-state index is 15.2. The molecule has 222 valence electrons. The van der Waals surface area contributed by atoms with E-state index in [-0.39, 0.29) is 23.6 Å². The number of hydrogen-bond acceptors (Lipinski definition) is 7. The highest BCUT2D eigenvalue weighted by Gasteiger charge is 2.39. The molecule has 1 N–H and O–H groups in total. The van der Waals surface area contributed by atoms with Crippen LogP contribution in [0.5, 0.6) is 0 Å². The van der Waals surface area contributed by atoms with E-state index in [0.717, 1.165) is 42.4 Å². The number of ketones is 1. The lowest BCUT2D eigenvalue weighted by molar-refractivity contribution is 0.0995. The van der Waals surface area contributed by atoms with E-state index in [1.165, 1.54) is 40.3 Å². The number of benzene rings is 2. The summed E-state index contributed by atoms with van der Waals surface area (Å²) in [4.78, 5) is 37.9. The van der Waals surface area contributed by atoms with Crippen molar-refractivity contribution in [3.05, 3.63) is 91.3 Å². The number of likely N-dealkylation sites (N-methyl/N-ethyl adjacent to an activating group) is 1. The third-order valence-corrected chi connectivity index (χ3v) is 10.9. The summed E-state index contributed by atoms with van der Waals surface area (Å²) in [7, 11) is 3.82. The van der Waals surface area contributed by atoms with Crippen molar-refractivity contribution in [2.75, 3.05) is 43.4 Å². The fraction of sp³-hybridized carbons (Fsp3) is 0.382. The van der Waals surface area contributed by atoms with Crippen LogP contribution in [0.2, 0.25) is 0 Å². The Morgan fingerprint density at radius 3 is 2.53 bits per heavy atom. The molecule has 0 radical (unpaired) electrons. The summed E-state index contributed by atoms with van der Waals surface area (Å²) >= 11 is 1.60. The second-order valence-corrected chi connectivity index (χ2v) is 13.4. The Kier molecular flexibility index (Phi) is 7.18. The van der Waals surface area contributed by atoms with Gasteiger partial charge < -0.3 is 19.7 Å². The summed E-state index contributed by atoms with van der Waals surface area (Å²) in [5, 5.41) is 3.19. The van der Waals surface area contributed by atoms with Crippen molar-refractivity contribution < 1.29 is 9.18 Å². The second kappa shape index (κ2) is 11.0. The number of thiophene rings is 1. The lowest BCUT2D eigenvalue weighted by Crippen LogP contribution is -2.44. The van der Waals surface area contributed by atoms with E-state index >= 15 is 4.39 Å². The van der Waals surface area contributed by atoms with Crippen LogP contribution in [-0.2, 0) is 13.5 Å². The molecular formula is C34H36FN5O2S. The SMILES string of the molecule is Cc1c(-c2cn(C)c(=O)c(Nc3ccc(N4CCN(C)CC4)cc3)n2)ccc(F)c1CC(=O)c1cc2c(s1)C1CCC2C1. The van der Waals surface area contributed by atoms with E-state index in [1.54, 1.807) is 30.6 Å². The lowest BCUT2D eigenvalue weighted by Gasteiger charge is -2.34. The molecular weight excluding hydrogens is 561 g/mol. The number of carbonyl (C=O) groups excluding carboxylic acids is 1. The molecule has 2 atom stereocenters. The molecule has 2 aromatic heterocycles. The summed E-state index contributed by atoms with van der Waals surface area (Å²) < 4.78 is 16.7. The average molecular weight is 598 g/mol. The van der Waals surface area contributed by atoms with Crippen molar-refractivity contribution in [2.24, 2.45) is 7.05 Å². The fourth-order valence-corrected chi connectivity index (χ4v) is 8.27. The minimum atomic E-state index is -0.401. The number of anilines is 3. The average Bonchev–Trinajstić information content (AvgIpc) is 3.73. The van der Waals surface area contributed by atoms with E-state index in [9.17, 15) is 9.59 Å². The van der Waals surface area contributed by atoms with Gasteiger partial charge in [0.25, 0.3) is 5.56 Å². The van der Waals surface area contributed by atoms with Gasteiger partial charge in [0.2, 0.25) is 0 Å². The maximum absolute atomic E-state index is 15.2. The number of aryl methyl sites for hydroxylation is 1. The summed E-state index contributed by atoms with van der Waals surface area (Å²) in [6.07, 6.45) is 5.30. The van der Waals surface area contributed by atoms with Gasteiger partial charge in [-0.1, -0.05) is 0 Å². The first-order chi connectivity index (χ1) is 20.7. The van der Waals surface area contributed by atoms with E-state index < -0.39 is 5.82 Å². The van der Waals surface area contributed by atoms with Crippen LogP contribution < -0.4 is 15.8 Å². The number of hydrogen-bond donors (Lipinski definition) is 1. The van der Waals surface area contributed by atoms with Crippen molar-refractivity contribution in [1.29, 1.82) is 0 Å². The molecule has 0 spiro atoms. The van der Waals surface area contributed by atoms with Crippen LogP contribution in [0.3, 0.4) is 0 Å². The van der Waals surface area contributed by atoms with Crippen LogP contribution in [0.15, 0.2) is 53.5 Å². The number of Topliss-reactive ketones (excluding diaryl/α,β-unsaturated/α-hetero) is 1. The van der Waals surface area contributed by atoms with Crippen molar-refractivity contribution in [1.82, 2.24) is 14.5 Å². The minimum absolute atomic E-state index is 0.00322. The monoisotopic (exact) mass is 597 g/mol. The van der Waals surface area contributed by atoms with E-state index in [2.05, 4.69) is 45.3 Å². The molecule has 2 fully saturated rings. The molecule has 4 aromatic rings. The lowest BCUT2D eigenvalue weighted by atomic mass is 9.95. The summed E-state index contributed by atoms with van der Waals surface area (Å²) in [6, 6.07) is 13.2. The van der Waals surface area contributed by atoms with Gasteiger partial charge in [-0.15, -0.1) is 11.3 Å². The number of rotatable bonds is 7. The van der Waals surface area contributed by atoms with Crippen LogP contribution >= 0.6 is 11.3 Å². The molecule has 3 heterocycles. The van der Waals surface area contributed by atoms with Crippen LogP contribution in [0, 0.1) is 12.7 Å². The molecule has 7 nitrogen and oxygen atoms in total. The zero-order valence-electron chi connectivity index (χ0n) is 24.8. The number of nitrogens with zero attached hydrogens (tertiary/aromatic N) is 4. The highest BCUT2D eigenvalue weighted by Crippen LogP contribution is 2.56. The second-order valence-electron chi connectivity index (χ2n) is 12.3. The van der Waals surface area contributed by atoms with Crippen molar-refractivity contribution in [3.8, 4) is 11.3 Å². The summed E-state index contributed by atoms with van der Waals surface area (Å²) in [6.45, 7) is 5.85. The Labute approximate surface area is 255 Å². The first-order valence-corrected chi connectivity index (χ1v) is 15.9. The Morgan fingerprint density at radius 2 is 1.79 bits per heavy atom. The fourth-order valence-electron chi connectivity index (χ4n) is 6.94. The van der Waals surface area contributed by atoms with Gasteiger partial charge >= 0.3 is 0 Å². The normalized spacial score (nSPS) is 19.6. The molecule has 2 unspecified atom stereocenters. The quantitative estimate of drug-likeness (QED) is 0.254. The largest absolute Gasteiger partial charge is 0.369 e. The number of piperazine rings is 1. The summed E-state index contributed by atoms with van der Waals surface area (Å²) in [5.41, 5.74) is 5.27. The van der Waals surface area contributed by atoms with Crippen LogP contribution in [0.25, 0.3) is 11.3 Å². The Morgan fingerprint density at radius 1 is 1.05 bits per heavy atom. The van der Waals surface area contributed by atoms with Gasteiger partial charge in [0.15, 0.2) is 11.6 Å². The molecule has 1 saturated heterocycles. The van der Waals surface area contributed by atoms with Crippen LogP contribution in [0.1, 0.15) is 62.3 Å². The van der Waals surface area contributed by atoms with E-state index in [1.807, 2.05) is 19.1 Å². The molecule has 3 aliphatic rings. The third-order valence-electron chi connectivity index (χ3n) is 9.53. The maximum Gasteiger partial charge on any atom is 0.293 e. The molecule has 2 aliphatic carbocycles. The topological polar surface area (TPSA) is 70.5 Å². The standard InChI is InChI=1S/C34H36FN5O2S/c1-20-25(10-11-28(35)26(20)17-30(41)31-18-27-21-4-5-22(16-21)32(27)43-31)29-19-39(3)34(42)33(37-29)36-23-6-8-24(9-7-23)40-14-12-38(2)13-15-40/h6-11,18-19,21-22H,4-5,12-17H2,1-3H3,(H,36,37). The predicted octanol–water partition coefficient (Wildman–Crippen LogP) is 6.24. The van der Waals surface area contributed by atoms with Gasteiger partial charge in [0.1, 0.15) is 5.82 Å². The van der Waals surface area contributed by atoms with Gasteiger partial charge in [-0.05, 0) is 104 Å². The number of aromatic nitrogens is 2. The molecule has 2 aromatic carbocycles. The Hall–Kier alpha value is -3.82. The number of halogens is 1. The highest BCUT2D eigenvalue weighted by atomic mass is 32.1. The number of nitrogens with one attached hydrogen (secondary N) is 1. The molecule has 2 bridgehead atoms. The first kappa shape index (κ1) is 28.0. The van der Waals surface area contributed by atoms with Gasteiger partial charge in [-0.25, -0.2) is 9.37 Å². The molecule has 0 amide bonds. The molecule has 1 saturated carbocycles. The van der Waals surface area contributed by atoms with Crippen molar-refractivity contribution in [2.45, 2.75) is 44.4 Å². The summed E-state index contributed by atoms with van der Waals surface area (Å²) in [5.74, 6) is 0.933. The van der Waals surface area contributed by atoms with Crippen molar-refractivity contribution in [3.63, 3.8) is 0 Å². The Bertz CT molecular complexity index is 1740. The number of fused-ring (bicyclic) bond motifs is 5. The molecule has 1 aliphatic heterocycles. The van der Waals surface area contributed by atoms with Gasteiger partial charge in [-0.2, -0.15) is 0 Å². The molecule has 7 rings (SSSR count). The smallest absolute Gasteiger partial charge is 0.293 e. The minimum Gasteiger partial charge on any atom is -0.369 e. The van der Waals surface area contributed by atoms with Crippen LogP contribution in [-0.4, -0.2) is 53.5 Å². The van der Waals surface area contributed by atoms with E-state index in [0.29, 0.717) is 34.2 Å². The molecule has 9 heteroatoms. The highest BCUT2D eigenvalue weighted by molar-refractivity contribution is 7.14. The van der Waals surface area contributed by atoms with Gasteiger partial charge in [0.05, 0.1) is 10.6 Å². The molecule has 43 heavy (non-hydrogen) atoms. The zero-order valence-corrected chi connectivity index (χ0v) is 25.6. The van der Waals surface area contributed by atoms with E-state index in [4.69, 9.17) is 0 Å². The Balaban J connectivity index is 1.13. The first-order valence-electron chi connectivity index (χ1n) is 15.1. The third kappa shape index (κ3) is 5.18. The van der Waals surface area contributed by atoms with Crippen molar-refractivity contribution >= 4 is 34.3 Å². The van der Waals surface area contributed by atoms with Crippen LogP contribution in [0.4, 0.5) is 21.6 Å².